The van der Waals surface area contributed by atoms with Crippen LogP contribution in [0.2, 0.25) is 0 Å². The predicted octanol–water partition coefficient (Wildman–Crippen LogP) is 3.17. The molecule has 1 N–H and O–H groups in total. The van der Waals surface area contributed by atoms with Crippen LogP contribution in [-0.2, 0) is 26.2 Å². The molecule has 0 unspecified atom stereocenters. The first-order valence-electron chi connectivity index (χ1n) is 10.4. The Morgan fingerprint density at radius 1 is 1.15 bits per heavy atom. The van der Waals surface area contributed by atoms with Crippen molar-refractivity contribution in [3.63, 3.8) is 0 Å². The molecule has 33 heavy (non-hydrogen) atoms. The van der Waals surface area contributed by atoms with Crippen molar-refractivity contribution in [2.24, 2.45) is 0 Å². The molecule has 0 aromatic heterocycles. The van der Waals surface area contributed by atoms with E-state index in [1.165, 1.54) is 23.4 Å². The van der Waals surface area contributed by atoms with Crippen LogP contribution in [0.3, 0.4) is 0 Å². The summed E-state index contributed by atoms with van der Waals surface area (Å²) in [4.78, 5) is 26.9. The van der Waals surface area contributed by atoms with Crippen LogP contribution in [0.4, 0.5) is 5.69 Å². The first kappa shape index (κ1) is 26.7. The molecular weight excluding hydrogens is 510 g/mol. The lowest BCUT2D eigenvalue weighted by molar-refractivity contribution is -0.140. The number of likely N-dealkylation sites (N-methyl/N-ethyl adjacent to an activating group) is 1. The summed E-state index contributed by atoms with van der Waals surface area (Å²) in [5.74, 6) is 0.0417. The van der Waals surface area contributed by atoms with Gasteiger partial charge in [-0.05, 0) is 43.2 Å². The molecule has 0 radical (unpaired) electrons. The Hall–Kier alpha value is -2.59. The molecule has 0 aliphatic heterocycles. The second-order valence-corrected chi connectivity index (χ2v) is 10.4. The van der Waals surface area contributed by atoms with Crippen molar-refractivity contribution in [2.75, 3.05) is 31.3 Å². The Kier molecular flexibility index (Phi) is 9.72. The van der Waals surface area contributed by atoms with Crippen LogP contribution in [0.1, 0.15) is 25.3 Å². The number of carbonyl (C=O) groups is 2. The number of methoxy groups -OCH3 is 1. The predicted molar refractivity (Wildman–Crippen MR) is 133 cm³/mol. The van der Waals surface area contributed by atoms with E-state index >= 15 is 0 Å². The summed E-state index contributed by atoms with van der Waals surface area (Å²) in [7, 11) is -0.526. The summed E-state index contributed by atoms with van der Waals surface area (Å²) in [6.07, 6.45) is 1.51. The average molecular weight is 540 g/mol. The number of anilines is 1. The fourth-order valence-corrected chi connectivity index (χ4v) is 4.57. The molecular formula is C23H30BrN3O5S. The number of nitrogens with one attached hydrogen (secondary N) is 1. The van der Waals surface area contributed by atoms with E-state index < -0.39 is 16.1 Å². The van der Waals surface area contributed by atoms with Crippen molar-refractivity contribution in [1.29, 1.82) is 0 Å². The summed E-state index contributed by atoms with van der Waals surface area (Å²) < 4.78 is 32.1. The van der Waals surface area contributed by atoms with Crippen LogP contribution >= 0.6 is 15.9 Å². The van der Waals surface area contributed by atoms with E-state index in [1.807, 2.05) is 24.3 Å². The number of nitrogens with zero attached hydrogens (tertiary/aromatic N) is 2. The molecule has 0 saturated carbocycles. The van der Waals surface area contributed by atoms with Gasteiger partial charge >= 0.3 is 0 Å². The molecule has 2 amide bonds. The van der Waals surface area contributed by atoms with Crippen LogP contribution in [0.5, 0.6) is 5.75 Å². The molecule has 0 bridgehead atoms. The zero-order valence-electron chi connectivity index (χ0n) is 19.2. The Morgan fingerprint density at radius 3 is 2.39 bits per heavy atom. The van der Waals surface area contributed by atoms with Crippen molar-refractivity contribution < 1.29 is 22.7 Å². The van der Waals surface area contributed by atoms with Crippen LogP contribution in [-0.4, -0.2) is 58.1 Å². The molecule has 0 spiro atoms. The van der Waals surface area contributed by atoms with Gasteiger partial charge in [-0.1, -0.05) is 34.1 Å². The summed E-state index contributed by atoms with van der Waals surface area (Å²) in [5, 5.41) is 2.58. The number of sulfonamides is 1. The molecule has 180 valence electrons. The van der Waals surface area contributed by atoms with E-state index in [2.05, 4.69) is 21.2 Å². The van der Waals surface area contributed by atoms with Crippen LogP contribution < -0.4 is 14.4 Å². The standard InChI is InChI=1S/C23H30BrN3O5S/c1-17(23(29)25-2)26(16-18-10-12-19(24)13-11-18)22(28)9-6-14-27(33(4,30)31)20-7-5-8-21(15-20)32-3/h5,7-8,10-13,15,17H,6,9,14,16H2,1-4H3,(H,25,29)/t17-/m1/s1. The third-order valence-corrected chi connectivity index (χ3v) is 6.90. The van der Waals surface area contributed by atoms with Gasteiger partial charge in [-0.25, -0.2) is 8.42 Å². The molecule has 0 heterocycles. The summed E-state index contributed by atoms with van der Waals surface area (Å²) >= 11 is 3.39. The van der Waals surface area contributed by atoms with Gasteiger partial charge in [0.1, 0.15) is 11.8 Å². The van der Waals surface area contributed by atoms with Crippen molar-refractivity contribution in [2.45, 2.75) is 32.4 Å². The van der Waals surface area contributed by atoms with Gasteiger partial charge in [0.05, 0.1) is 19.1 Å². The smallest absolute Gasteiger partial charge is 0.242 e. The third kappa shape index (κ3) is 7.75. The minimum Gasteiger partial charge on any atom is -0.497 e. The Morgan fingerprint density at radius 2 is 1.82 bits per heavy atom. The number of benzene rings is 2. The molecule has 0 aliphatic rings. The van der Waals surface area contributed by atoms with Crippen molar-refractivity contribution in [1.82, 2.24) is 10.2 Å². The zero-order valence-corrected chi connectivity index (χ0v) is 21.6. The number of hydrogen-bond acceptors (Lipinski definition) is 5. The quantitative estimate of drug-likeness (QED) is 0.473. The molecule has 8 nitrogen and oxygen atoms in total. The molecule has 10 heteroatoms. The van der Waals surface area contributed by atoms with E-state index in [-0.39, 0.29) is 31.3 Å². The molecule has 2 aromatic carbocycles. The van der Waals surface area contributed by atoms with Gasteiger partial charge in [-0.15, -0.1) is 0 Å². The highest BCUT2D eigenvalue weighted by Crippen LogP contribution is 2.24. The van der Waals surface area contributed by atoms with Crippen LogP contribution in [0.25, 0.3) is 0 Å². The molecule has 0 aliphatic carbocycles. The van der Waals surface area contributed by atoms with E-state index in [4.69, 9.17) is 4.74 Å². The number of rotatable bonds is 11. The molecule has 2 rings (SSSR count). The second kappa shape index (κ2) is 12.0. The fourth-order valence-electron chi connectivity index (χ4n) is 3.35. The first-order valence-corrected chi connectivity index (χ1v) is 13.1. The van der Waals surface area contributed by atoms with Gasteiger partial charge in [0.2, 0.25) is 21.8 Å². The van der Waals surface area contributed by atoms with E-state index in [1.54, 1.807) is 31.2 Å². The van der Waals surface area contributed by atoms with Crippen LogP contribution in [0, 0.1) is 0 Å². The lowest BCUT2D eigenvalue weighted by Crippen LogP contribution is -2.46. The van der Waals surface area contributed by atoms with Crippen LogP contribution in [0.15, 0.2) is 53.0 Å². The largest absolute Gasteiger partial charge is 0.497 e. The average Bonchev–Trinajstić information content (AvgIpc) is 2.79. The highest BCUT2D eigenvalue weighted by atomic mass is 79.9. The number of carbonyl (C=O) groups excluding carboxylic acids is 2. The maximum absolute atomic E-state index is 13.1. The minimum absolute atomic E-state index is 0.0911. The van der Waals surface area contributed by atoms with Gasteiger partial charge in [0.25, 0.3) is 0 Å². The second-order valence-electron chi connectivity index (χ2n) is 7.58. The van der Waals surface area contributed by atoms with Crippen molar-refractivity contribution >= 4 is 43.5 Å². The van der Waals surface area contributed by atoms with E-state index in [0.29, 0.717) is 17.9 Å². The lowest BCUT2D eigenvalue weighted by Gasteiger charge is -2.29. The molecule has 0 fully saturated rings. The topological polar surface area (TPSA) is 96.0 Å². The fraction of sp³-hybridized carbons (Fsp3) is 0.391. The highest BCUT2D eigenvalue weighted by Gasteiger charge is 2.26. The maximum atomic E-state index is 13.1. The normalized spacial score (nSPS) is 12.0. The summed E-state index contributed by atoms with van der Waals surface area (Å²) in [6, 6.07) is 13.6. The number of hydrogen-bond donors (Lipinski definition) is 1. The van der Waals surface area contributed by atoms with Gasteiger partial charge in [0.15, 0.2) is 0 Å². The highest BCUT2D eigenvalue weighted by molar-refractivity contribution is 9.10. The zero-order chi connectivity index (χ0) is 24.6. The summed E-state index contributed by atoms with van der Waals surface area (Å²) in [6.45, 7) is 2.07. The van der Waals surface area contributed by atoms with Gasteiger partial charge in [-0.3, -0.25) is 13.9 Å². The van der Waals surface area contributed by atoms with Gasteiger partial charge < -0.3 is 15.0 Å². The minimum atomic E-state index is -3.56. The SMILES string of the molecule is CNC(=O)[C@@H](C)N(Cc1ccc(Br)cc1)C(=O)CCCN(c1cccc(OC)c1)S(C)(=O)=O. The molecule has 0 saturated heterocycles. The lowest BCUT2D eigenvalue weighted by atomic mass is 10.1. The van der Waals surface area contributed by atoms with E-state index in [0.717, 1.165) is 16.3 Å². The number of ether oxygens (including phenoxy) is 1. The third-order valence-electron chi connectivity index (χ3n) is 5.17. The van der Waals surface area contributed by atoms with Crippen molar-refractivity contribution in [3.05, 3.63) is 58.6 Å². The Bertz CT molecular complexity index is 1060. The maximum Gasteiger partial charge on any atom is 0.242 e. The number of amides is 2. The van der Waals surface area contributed by atoms with Crippen molar-refractivity contribution in [3.8, 4) is 5.75 Å². The Balaban J connectivity index is 2.14. The monoisotopic (exact) mass is 539 g/mol. The summed E-state index contributed by atoms with van der Waals surface area (Å²) in [5.41, 5.74) is 1.35. The Labute approximate surface area is 204 Å². The molecule has 1 atom stereocenters. The van der Waals surface area contributed by atoms with Gasteiger partial charge in [-0.2, -0.15) is 0 Å². The molecule has 2 aromatic rings. The number of halogens is 1. The van der Waals surface area contributed by atoms with Gasteiger partial charge in [0, 0.05) is 37.1 Å². The van der Waals surface area contributed by atoms with E-state index in [9.17, 15) is 18.0 Å². The first-order chi connectivity index (χ1) is 15.6.